The SMILES string of the molecule is COc1cc(CNC(C)C(O)c2ccccc2)cc(Cl)c1OCc1cccs1.Cl. The van der Waals surface area contributed by atoms with E-state index in [1.807, 2.05) is 66.9 Å². The Morgan fingerprint density at radius 2 is 1.90 bits per heavy atom. The van der Waals surface area contributed by atoms with E-state index in [-0.39, 0.29) is 18.4 Å². The summed E-state index contributed by atoms with van der Waals surface area (Å²) in [5.74, 6) is 1.14. The molecule has 0 bridgehead atoms. The predicted molar refractivity (Wildman–Crippen MR) is 122 cm³/mol. The molecule has 3 aromatic rings. The maximum absolute atomic E-state index is 10.5. The van der Waals surface area contributed by atoms with Gasteiger partial charge in [0.25, 0.3) is 0 Å². The van der Waals surface area contributed by atoms with Crippen molar-refractivity contribution in [2.75, 3.05) is 7.11 Å². The molecule has 0 aliphatic carbocycles. The van der Waals surface area contributed by atoms with E-state index < -0.39 is 6.10 Å². The molecular formula is C22H25Cl2NO3S. The Labute approximate surface area is 186 Å². The topological polar surface area (TPSA) is 50.7 Å². The third-order valence-electron chi connectivity index (χ3n) is 4.47. The van der Waals surface area contributed by atoms with Crippen molar-refractivity contribution < 1.29 is 14.6 Å². The summed E-state index contributed by atoms with van der Waals surface area (Å²) in [6.07, 6.45) is -0.591. The predicted octanol–water partition coefficient (Wildman–Crippen LogP) is 5.62. The van der Waals surface area contributed by atoms with E-state index in [1.54, 1.807) is 18.4 Å². The molecule has 0 saturated heterocycles. The smallest absolute Gasteiger partial charge is 0.180 e. The Balaban J connectivity index is 0.00000300. The van der Waals surface area contributed by atoms with Crippen molar-refractivity contribution in [3.8, 4) is 11.5 Å². The zero-order valence-corrected chi connectivity index (χ0v) is 18.7. The number of benzene rings is 2. The Morgan fingerprint density at radius 1 is 1.14 bits per heavy atom. The van der Waals surface area contributed by atoms with Crippen molar-refractivity contribution in [3.05, 3.63) is 81.0 Å². The quantitative estimate of drug-likeness (QED) is 0.441. The molecule has 0 fully saturated rings. The molecule has 0 aliphatic heterocycles. The van der Waals surface area contributed by atoms with Crippen LogP contribution in [0.3, 0.4) is 0 Å². The molecule has 3 rings (SSSR count). The summed E-state index contributed by atoms with van der Waals surface area (Å²) in [6.45, 7) is 2.95. The van der Waals surface area contributed by atoms with Crippen LogP contribution in [0, 0.1) is 0 Å². The number of aliphatic hydroxyl groups excluding tert-OH is 1. The highest BCUT2D eigenvalue weighted by atomic mass is 35.5. The summed E-state index contributed by atoms with van der Waals surface area (Å²) in [7, 11) is 1.60. The minimum Gasteiger partial charge on any atom is -0.493 e. The second-order valence-electron chi connectivity index (χ2n) is 6.50. The summed E-state index contributed by atoms with van der Waals surface area (Å²) < 4.78 is 11.4. The van der Waals surface area contributed by atoms with Crippen molar-refractivity contribution in [2.24, 2.45) is 0 Å². The maximum Gasteiger partial charge on any atom is 0.180 e. The number of thiophene rings is 1. The largest absolute Gasteiger partial charge is 0.493 e. The molecule has 7 heteroatoms. The van der Waals surface area contributed by atoms with Gasteiger partial charge in [-0.05, 0) is 41.6 Å². The van der Waals surface area contributed by atoms with Gasteiger partial charge in [0.05, 0.1) is 18.2 Å². The minimum atomic E-state index is -0.591. The molecule has 2 N–H and O–H groups in total. The summed E-state index contributed by atoms with van der Waals surface area (Å²) in [5, 5.41) is 16.4. The van der Waals surface area contributed by atoms with E-state index in [0.29, 0.717) is 29.7 Å². The first-order valence-corrected chi connectivity index (χ1v) is 10.3. The van der Waals surface area contributed by atoms with Gasteiger partial charge in [-0.1, -0.05) is 48.0 Å². The molecule has 2 unspecified atom stereocenters. The third kappa shape index (κ3) is 6.36. The average Bonchev–Trinajstić information content (AvgIpc) is 3.24. The first-order chi connectivity index (χ1) is 13.6. The van der Waals surface area contributed by atoms with Gasteiger partial charge in [-0.3, -0.25) is 0 Å². The zero-order chi connectivity index (χ0) is 19.9. The highest BCUT2D eigenvalue weighted by Gasteiger charge is 2.17. The fourth-order valence-corrected chi connectivity index (χ4v) is 3.79. The standard InChI is InChI=1S/C22H24ClNO3S.ClH/c1-15(21(25)17-7-4-3-5-8-17)24-13-16-11-19(23)22(20(12-16)26-2)27-14-18-9-6-10-28-18;/h3-12,15,21,24-25H,13-14H2,1-2H3;1H. The Hall–Kier alpha value is -1.76. The lowest BCUT2D eigenvalue weighted by atomic mass is 10.0. The minimum absolute atomic E-state index is 0. The van der Waals surface area contributed by atoms with Gasteiger partial charge in [0, 0.05) is 17.5 Å². The van der Waals surface area contributed by atoms with Crippen molar-refractivity contribution >= 4 is 35.3 Å². The van der Waals surface area contributed by atoms with Crippen LogP contribution in [0.15, 0.2) is 60.0 Å². The van der Waals surface area contributed by atoms with E-state index in [9.17, 15) is 5.11 Å². The summed E-state index contributed by atoms with van der Waals surface area (Å²) in [4.78, 5) is 1.12. The molecule has 2 atom stereocenters. The normalized spacial score (nSPS) is 12.7. The van der Waals surface area contributed by atoms with Crippen LogP contribution in [-0.2, 0) is 13.2 Å². The Kier molecular flexibility index (Phi) is 9.27. The molecule has 156 valence electrons. The van der Waals surface area contributed by atoms with Crippen molar-refractivity contribution in [1.82, 2.24) is 5.32 Å². The molecule has 2 aromatic carbocycles. The van der Waals surface area contributed by atoms with Crippen LogP contribution in [0.4, 0.5) is 0 Å². The fourth-order valence-electron chi connectivity index (χ4n) is 2.88. The van der Waals surface area contributed by atoms with Crippen LogP contribution in [-0.4, -0.2) is 18.3 Å². The number of aliphatic hydroxyl groups is 1. The molecule has 29 heavy (non-hydrogen) atoms. The monoisotopic (exact) mass is 453 g/mol. The zero-order valence-electron chi connectivity index (χ0n) is 16.3. The highest BCUT2D eigenvalue weighted by molar-refractivity contribution is 7.09. The Morgan fingerprint density at radius 3 is 2.55 bits per heavy atom. The van der Waals surface area contributed by atoms with Gasteiger partial charge in [-0.15, -0.1) is 23.7 Å². The number of halogens is 2. The van der Waals surface area contributed by atoms with Crippen LogP contribution in [0.2, 0.25) is 5.02 Å². The van der Waals surface area contributed by atoms with Gasteiger partial charge >= 0.3 is 0 Å². The molecule has 4 nitrogen and oxygen atoms in total. The molecule has 0 saturated carbocycles. The van der Waals surface area contributed by atoms with Gasteiger partial charge in [0.1, 0.15) is 6.61 Å². The number of nitrogens with one attached hydrogen (secondary N) is 1. The van der Waals surface area contributed by atoms with E-state index in [4.69, 9.17) is 21.1 Å². The molecule has 0 spiro atoms. The van der Waals surface area contributed by atoms with E-state index >= 15 is 0 Å². The van der Waals surface area contributed by atoms with Crippen LogP contribution in [0.5, 0.6) is 11.5 Å². The number of rotatable bonds is 9. The van der Waals surface area contributed by atoms with E-state index in [0.717, 1.165) is 16.0 Å². The van der Waals surface area contributed by atoms with Gasteiger partial charge in [-0.25, -0.2) is 0 Å². The lowest BCUT2D eigenvalue weighted by molar-refractivity contribution is 0.135. The van der Waals surface area contributed by atoms with Crippen molar-refractivity contribution in [1.29, 1.82) is 0 Å². The van der Waals surface area contributed by atoms with Gasteiger partial charge < -0.3 is 19.9 Å². The van der Waals surface area contributed by atoms with Crippen molar-refractivity contribution in [3.63, 3.8) is 0 Å². The number of methoxy groups -OCH3 is 1. The van der Waals surface area contributed by atoms with Gasteiger partial charge in [0.2, 0.25) is 0 Å². The number of ether oxygens (including phenoxy) is 2. The summed E-state index contributed by atoms with van der Waals surface area (Å²) in [6, 6.07) is 17.3. The van der Waals surface area contributed by atoms with Crippen molar-refractivity contribution in [2.45, 2.75) is 32.2 Å². The van der Waals surface area contributed by atoms with Crippen LogP contribution < -0.4 is 14.8 Å². The Bertz CT molecular complexity index is 875. The number of hydrogen-bond donors (Lipinski definition) is 2. The second kappa shape index (κ2) is 11.4. The second-order valence-corrected chi connectivity index (χ2v) is 7.94. The van der Waals surface area contributed by atoms with Crippen LogP contribution in [0.25, 0.3) is 0 Å². The fraction of sp³-hybridized carbons (Fsp3) is 0.273. The van der Waals surface area contributed by atoms with Gasteiger partial charge in [0.15, 0.2) is 11.5 Å². The first-order valence-electron chi connectivity index (χ1n) is 9.06. The third-order valence-corrected chi connectivity index (χ3v) is 5.60. The van der Waals surface area contributed by atoms with Gasteiger partial charge in [-0.2, -0.15) is 0 Å². The first kappa shape index (κ1) is 23.5. The molecule has 0 aliphatic rings. The maximum atomic E-state index is 10.5. The lowest BCUT2D eigenvalue weighted by Crippen LogP contribution is -2.31. The molecule has 0 amide bonds. The highest BCUT2D eigenvalue weighted by Crippen LogP contribution is 2.37. The summed E-state index contributed by atoms with van der Waals surface area (Å²) >= 11 is 8.08. The number of hydrogen-bond acceptors (Lipinski definition) is 5. The molecule has 1 aromatic heterocycles. The van der Waals surface area contributed by atoms with Crippen LogP contribution >= 0.6 is 35.3 Å². The van der Waals surface area contributed by atoms with E-state index in [2.05, 4.69) is 5.32 Å². The summed E-state index contributed by atoms with van der Waals surface area (Å²) in [5.41, 5.74) is 1.84. The molecule has 0 radical (unpaired) electrons. The molecule has 1 heterocycles. The molecular weight excluding hydrogens is 429 g/mol. The average molecular weight is 454 g/mol. The van der Waals surface area contributed by atoms with E-state index in [1.165, 1.54) is 0 Å². The van der Waals surface area contributed by atoms with Crippen LogP contribution in [0.1, 0.15) is 29.0 Å². The lowest BCUT2D eigenvalue weighted by Gasteiger charge is -2.21.